The molecule has 5 heteroatoms. The van der Waals surface area contributed by atoms with Crippen molar-refractivity contribution in [1.82, 2.24) is 9.97 Å². The van der Waals surface area contributed by atoms with Crippen LogP contribution in [0.4, 0.5) is 0 Å². The van der Waals surface area contributed by atoms with Crippen molar-refractivity contribution in [2.24, 2.45) is 0 Å². The van der Waals surface area contributed by atoms with Gasteiger partial charge in [0.25, 0.3) is 0 Å². The van der Waals surface area contributed by atoms with Crippen LogP contribution in [0.2, 0.25) is 0 Å². The molecule has 270 valence electrons. The van der Waals surface area contributed by atoms with Crippen molar-refractivity contribution in [2.75, 3.05) is 0 Å². The van der Waals surface area contributed by atoms with Gasteiger partial charge in [0, 0.05) is 49.4 Å². The molecule has 8 aromatic carbocycles. The Bertz CT molecular complexity index is 3340. The second kappa shape index (κ2) is 11.6. The number of fused-ring (bicyclic) bond motifs is 15. The number of benzene rings is 8. The molecule has 4 heterocycles. The van der Waals surface area contributed by atoms with Crippen LogP contribution in [0.5, 0.6) is 11.5 Å². The van der Waals surface area contributed by atoms with E-state index < -0.39 is 5.41 Å². The van der Waals surface area contributed by atoms with Crippen LogP contribution in [0.25, 0.3) is 88.9 Å². The fraction of sp³-hybridized carbons (Fsp3) is 0.0189. The van der Waals surface area contributed by atoms with Gasteiger partial charge in [0.2, 0.25) is 0 Å². The van der Waals surface area contributed by atoms with Gasteiger partial charge in [-0.1, -0.05) is 140 Å². The minimum Gasteiger partial charge on any atom is -0.457 e. The van der Waals surface area contributed by atoms with Crippen LogP contribution < -0.4 is 4.74 Å². The predicted molar refractivity (Wildman–Crippen MR) is 230 cm³/mol. The van der Waals surface area contributed by atoms with E-state index in [9.17, 15) is 0 Å². The van der Waals surface area contributed by atoms with Gasteiger partial charge in [-0.25, -0.2) is 9.97 Å². The molecule has 11 aromatic rings. The quantitative estimate of drug-likeness (QED) is 0.180. The van der Waals surface area contributed by atoms with Crippen LogP contribution in [0.15, 0.2) is 191 Å². The van der Waals surface area contributed by atoms with E-state index in [4.69, 9.17) is 23.5 Å². The monoisotopic (exact) mass is 742 g/mol. The highest BCUT2D eigenvalue weighted by Gasteiger charge is 2.51. The second-order valence-corrected chi connectivity index (χ2v) is 15.1. The zero-order valence-electron chi connectivity index (χ0n) is 30.9. The highest BCUT2D eigenvalue weighted by atomic mass is 16.5. The molecular weight excluding hydrogens is 713 g/mol. The molecule has 0 bridgehead atoms. The number of ether oxygens (including phenoxy) is 1. The third-order valence-corrected chi connectivity index (χ3v) is 12.2. The van der Waals surface area contributed by atoms with Crippen molar-refractivity contribution in [3.63, 3.8) is 0 Å². The van der Waals surface area contributed by atoms with Crippen LogP contribution >= 0.6 is 0 Å². The van der Waals surface area contributed by atoms with Gasteiger partial charge in [-0.05, 0) is 64.7 Å². The molecule has 0 atom stereocenters. The maximum atomic E-state index is 6.61. The Hall–Kier alpha value is -7.76. The average Bonchev–Trinajstić information content (AvgIpc) is 3.95. The lowest BCUT2D eigenvalue weighted by atomic mass is 9.66. The molecule has 0 amide bonds. The smallest absolute Gasteiger partial charge is 0.161 e. The molecule has 5 nitrogen and oxygen atoms in total. The highest BCUT2D eigenvalue weighted by Crippen LogP contribution is 2.63. The van der Waals surface area contributed by atoms with Crippen LogP contribution in [0, 0.1) is 0 Å². The Kier molecular flexibility index (Phi) is 6.31. The lowest BCUT2D eigenvalue weighted by Crippen LogP contribution is -2.32. The minimum absolute atomic E-state index is 0.617. The largest absolute Gasteiger partial charge is 0.457 e. The first-order valence-electron chi connectivity index (χ1n) is 19.6. The maximum absolute atomic E-state index is 6.61. The summed E-state index contributed by atoms with van der Waals surface area (Å²) in [6, 6.07) is 63.3. The molecule has 0 unspecified atom stereocenters. The number of hydrogen-bond donors (Lipinski definition) is 0. The summed E-state index contributed by atoms with van der Waals surface area (Å²) in [6.07, 6.45) is 0. The van der Waals surface area contributed by atoms with Crippen molar-refractivity contribution >= 4 is 43.9 Å². The van der Waals surface area contributed by atoms with E-state index in [1.165, 1.54) is 11.1 Å². The zero-order chi connectivity index (χ0) is 38.0. The molecule has 1 aliphatic heterocycles. The van der Waals surface area contributed by atoms with Crippen LogP contribution in [0.1, 0.15) is 22.3 Å². The van der Waals surface area contributed by atoms with E-state index in [0.717, 1.165) is 106 Å². The van der Waals surface area contributed by atoms with Crippen molar-refractivity contribution in [3.8, 4) is 56.5 Å². The van der Waals surface area contributed by atoms with Gasteiger partial charge in [0.15, 0.2) is 5.82 Å². The molecule has 58 heavy (non-hydrogen) atoms. The third-order valence-electron chi connectivity index (χ3n) is 12.2. The molecule has 1 spiro atoms. The van der Waals surface area contributed by atoms with Crippen molar-refractivity contribution in [3.05, 3.63) is 204 Å². The van der Waals surface area contributed by atoms with E-state index in [2.05, 4.69) is 146 Å². The Morgan fingerprint density at radius 2 is 0.810 bits per heavy atom. The summed E-state index contributed by atoms with van der Waals surface area (Å²) < 4.78 is 19.8. The van der Waals surface area contributed by atoms with Gasteiger partial charge < -0.3 is 13.6 Å². The van der Waals surface area contributed by atoms with Crippen molar-refractivity contribution in [1.29, 1.82) is 0 Å². The first-order chi connectivity index (χ1) is 28.8. The van der Waals surface area contributed by atoms with Gasteiger partial charge in [-0.3, -0.25) is 0 Å². The van der Waals surface area contributed by atoms with Gasteiger partial charge in [0.05, 0.1) is 16.8 Å². The summed E-state index contributed by atoms with van der Waals surface area (Å²) >= 11 is 0. The third kappa shape index (κ3) is 4.14. The second-order valence-electron chi connectivity index (χ2n) is 15.1. The van der Waals surface area contributed by atoms with Gasteiger partial charge in [-0.2, -0.15) is 0 Å². The van der Waals surface area contributed by atoms with E-state index >= 15 is 0 Å². The Balaban J connectivity index is 1.13. The number of rotatable bonds is 3. The highest BCUT2D eigenvalue weighted by molar-refractivity contribution is 6.11. The SMILES string of the molecule is c1ccc2c(c1)Oc1ccccc1C21c2ccccc2-c2c(-c3nc(-c4cccc5c4oc4ccccc45)cc(-c4cccc5c4oc4ccccc45)n3)cccc21. The summed E-state index contributed by atoms with van der Waals surface area (Å²) in [5.74, 6) is 2.33. The van der Waals surface area contributed by atoms with Gasteiger partial charge in [0.1, 0.15) is 33.8 Å². The molecule has 0 radical (unpaired) electrons. The molecule has 3 aromatic heterocycles. The number of hydrogen-bond acceptors (Lipinski definition) is 5. The Morgan fingerprint density at radius 3 is 1.43 bits per heavy atom. The Labute approximate surface area is 332 Å². The van der Waals surface area contributed by atoms with Gasteiger partial charge >= 0.3 is 0 Å². The minimum atomic E-state index is -0.618. The maximum Gasteiger partial charge on any atom is 0.161 e. The number of nitrogens with zero attached hydrogens (tertiary/aromatic N) is 2. The predicted octanol–water partition coefficient (Wildman–Crippen LogP) is 13.7. The summed E-state index contributed by atoms with van der Waals surface area (Å²) in [6.45, 7) is 0. The lowest BCUT2D eigenvalue weighted by Gasteiger charge is -2.39. The van der Waals surface area contributed by atoms with Crippen molar-refractivity contribution in [2.45, 2.75) is 5.41 Å². The van der Waals surface area contributed by atoms with E-state index in [1.54, 1.807) is 0 Å². The molecular formula is C53H30N2O3. The standard InChI is InChI=1S/C53H30N2O3/c1-4-22-39-35(16-1)49-38(21-13-25-42(49)53(39)40-23-5-9-28-47(40)56-48-29-10-6-24-41(48)53)52-54-43(36-19-11-17-33-31-14-2-7-26-45(31)57-50(33)36)30-44(55-52)37-20-12-18-34-32-15-3-8-27-46(32)58-51(34)37/h1-30H. The summed E-state index contributed by atoms with van der Waals surface area (Å²) in [4.78, 5) is 11.0. The Morgan fingerprint density at radius 1 is 0.362 bits per heavy atom. The molecule has 0 saturated heterocycles. The molecule has 1 aliphatic carbocycles. The molecule has 0 fully saturated rings. The lowest BCUT2D eigenvalue weighted by molar-refractivity contribution is 0.436. The average molecular weight is 743 g/mol. The molecule has 13 rings (SSSR count). The van der Waals surface area contributed by atoms with Crippen LogP contribution in [-0.4, -0.2) is 9.97 Å². The number of para-hydroxylation sites is 6. The van der Waals surface area contributed by atoms with Crippen LogP contribution in [0.3, 0.4) is 0 Å². The molecule has 2 aliphatic rings. The fourth-order valence-electron chi connectivity index (χ4n) is 9.83. The topological polar surface area (TPSA) is 61.3 Å². The van der Waals surface area contributed by atoms with E-state index in [0.29, 0.717) is 5.82 Å². The number of aromatic nitrogens is 2. The zero-order valence-corrected chi connectivity index (χ0v) is 30.9. The summed E-state index contributed by atoms with van der Waals surface area (Å²) in [5, 5.41) is 4.23. The first-order valence-corrected chi connectivity index (χ1v) is 19.6. The number of furan rings is 2. The summed E-state index contributed by atoms with van der Waals surface area (Å²) in [7, 11) is 0. The van der Waals surface area contributed by atoms with Crippen LogP contribution in [-0.2, 0) is 5.41 Å². The fourth-order valence-corrected chi connectivity index (χ4v) is 9.83. The molecule has 0 saturated carbocycles. The normalized spacial score (nSPS) is 13.4. The van der Waals surface area contributed by atoms with Gasteiger partial charge in [-0.15, -0.1) is 0 Å². The van der Waals surface area contributed by atoms with Crippen molar-refractivity contribution < 1.29 is 13.6 Å². The molecule has 0 N–H and O–H groups in total. The summed E-state index contributed by atoms with van der Waals surface area (Å²) in [5.41, 5.74) is 13.8. The first kappa shape index (κ1) is 31.4. The van der Waals surface area contributed by atoms with E-state index in [1.807, 2.05) is 36.4 Å². The van der Waals surface area contributed by atoms with E-state index in [-0.39, 0.29) is 0 Å².